The van der Waals surface area contributed by atoms with E-state index in [1.54, 1.807) is 37.3 Å². The minimum Gasteiger partial charge on any atom is -0.326 e. The highest BCUT2D eigenvalue weighted by atomic mass is 32.2. The third kappa shape index (κ3) is 4.20. The lowest BCUT2D eigenvalue weighted by Gasteiger charge is -2.10. The number of rotatable bonds is 5. The van der Waals surface area contributed by atoms with E-state index < -0.39 is 9.84 Å². The van der Waals surface area contributed by atoms with Gasteiger partial charge in [0.2, 0.25) is 5.91 Å². The Morgan fingerprint density at radius 1 is 1.19 bits per heavy atom. The first-order valence-corrected chi connectivity index (χ1v) is 10.1. The van der Waals surface area contributed by atoms with Gasteiger partial charge in [-0.05, 0) is 36.8 Å². The van der Waals surface area contributed by atoms with Crippen LogP contribution < -0.4 is 10.9 Å². The fourth-order valence-corrected chi connectivity index (χ4v) is 3.20. The molecule has 1 heterocycles. The third-order valence-corrected chi connectivity index (χ3v) is 5.20. The van der Waals surface area contributed by atoms with Crippen LogP contribution in [0.2, 0.25) is 0 Å². The summed E-state index contributed by atoms with van der Waals surface area (Å²) in [5.41, 5.74) is 1.33. The van der Waals surface area contributed by atoms with Crippen LogP contribution in [0.25, 0.3) is 10.9 Å². The molecular formula is C18H18N4O4S. The van der Waals surface area contributed by atoms with Crippen LogP contribution in [0.1, 0.15) is 12.0 Å². The second kappa shape index (κ2) is 7.28. The Morgan fingerprint density at radius 2 is 1.93 bits per heavy atom. The van der Waals surface area contributed by atoms with Crippen LogP contribution in [0.4, 0.5) is 5.69 Å². The summed E-state index contributed by atoms with van der Waals surface area (Å²) in [4.78, 5) is 24.7. The number of hydrogen-bond acceptors (Lipinski definition) is 6. The standard InChI is InChI=1S/C18H18N4O4S/c1-12-7-8-13(27(2,25)26)11-16(12)19-17(23)9-10-22-18(24)14-5-3-4-6-15(14)20-21-22/h3-8,11H,9-10H2,1-2H3,(H,19,23). The normalized spacial score (nSPS) is 11.5. The molecule has 1 amide bonds. The van der Waals surface area contributed by atoms with Crippen molar-refractivity contribution < 1.29 is 13.2 Å². The SMILES string of the molecule is Cc1ccc(S(C)(=O)=O)cc1NC(=O)CCn1nnc2ccccc2c1=O. The number of nitrogens with zero attached hydrogens (tertiary/aromatic N) is 3. The Balaban J connectivity index is 1.74. The van der Waals surface area contributed by atoms with Gasteiger partial charge < -0.3 is 5.32 Å². The van der Waals surface area contributed by atoms with Crippen molar-refractivity contribution in [1.82, 2.24) is 15.0 Å². The van der Waals surface area contributed by atoms with Crippen molar-refractivity contribution in [2.75, 3.05) is 11.6 Å². The number of sulfone groups is 1. The van der Waals surface area contributed by atoms with Crippen LogP contribution in [-0.2, 0) is 21.2 Å². The van der Waals surface area contributed by atoms with E-state index in [9.17, 15) is 18.0 Å². The lowest BCUT2D eigenvalue weighted by molar-refractivity contribution is -0.116. The number of carbonyl (C=O) groups is 1. The van der Waals surface area contributed by atoms with Crippen molar-refractivity contribution in [2.24, 2.45) is 0 Å². The zero-order chi connectivity index (χ0) is 19.6. The smallest absolute Gasteiger partial charge is 0.277 e. The van der Waals surface area contributed by atoms with E-state index in [4.69, 9.17) is 0 Å². The fraction of sp³-hybridized carbons (Fsp3) is 0.222. The molecule has 2 aromatic carbocycles. The zero-order valence-electron chi connectivity index (χ0n) is 14.8. The van der Waals surface area contributed by atoms with Crippen molar-refractivity contribution in [2.45, 2.75) is 24.8 Å². The first kappa shape index (κ1) is 18.7. The minimum absolute atomic E-state index is 0.00449. The molecule has 1 aromatic heterocycles. The summed E-state index contributed by atoms with van der Waals surface area (Å²) in [6.07, 6.45) is 1.10. The molecule has 3 aromatic rings. The van der Waals surface area contributed by atoms with E-state index in [0.717, 1.165) is 16.5 Å². The van der Waals surface area contributed by atoms with E-state index in [2.05, 4.69) is 15.6 Å². The van der Waals surface area contributed by atoms with Crippen LogP contribution in [0.5, 0.6) is 0 Å². The Labute approximate surface area is 155 Å². The largest absolute Gasteiger partial charge is 0.326 e. The number of benzene rings is 2. The summed E-state index contributed by atoms with van der Waals surface area (Å²) < 4.78 is 24.5. The van der Waals surface area contributed by atoms with E-state index in [0.29, 0.717) is 16.6 Å². The number of aromatic nitrogens is 3. The molecule has 0 aliphatic carbocycles. The highest BCUT2D eigenvalue weighted by molar-refractivity contribution is 7.90. The lowest BCUT2D eigenvalue weighted by atomic mass is 10.2. The van der Waals surface area contributed by atoms with Crippen molar-refractivity contribution >= 4 is 32.3 Å². The van der Waals surface area contributed by atoms with Crippen LogP contribution in [-0.4, -0.2) is 35.6 Å². The molecule has 0 saturated carbocycles. The average Bonchev–Trinajstić information content (AvgIpc) is 2.62. The van der Waals surface area contributed by atoms with Crippen LogP contribution in [0, 0.1) is 6.92 Å². The summed E-state index contributed by atoms with van der Waals surface area (Å²) in [5.74, 6) is -0.356. The van der Waals surface area contributed by atoms with Gasteiger partial charge in [0.15, 0.2) is 9.84 Å². The monoisotopic (exact) mass is 386 g/mol. The predicted octanol–water partition coefficient (Wildman–Crippen LogP) is 1.53. The minimum atomic E-state index is -3.37. The number of carbonyl (C=O) groups excluding carboxylic acids is 1. The molecular weight excluding hydrogens is 368 g/mol. The molecule has 1 N–H and O–H groups in total. The maximum atomic E-state index is 12.4. The summed E-state index contributed by atoms with van der Waals surface area (Å²) in [6, 6.07) is 11.4. The maximum absolute atomic E-state index is 12.4. The van der Waals surface area contributed by atoms with Gasteiger partial charge >= 0.3 is 0 Å². The zero-order valence-corrected chi connectivity index (χ0v) is 15.7. The number of amides is 1. The lowest BCUT2D eigenvalue weighted by Crippen LogP contribution is -2.26. The molecule has 9 heteroatoms. The number of aryl methyl sites for hydroxylation is 2. The van der Waals surface area contributed by atoms with Crippen LogP contribution in [0.15, 0.2) is 52.2 Å². The van der Waals surface area contributed by atoms with Gasteiger partial charge in [-0.1, -0.05) is 23.4 Å². The van der Waals surface area contributed by atoms with Gasteiger partial charge in [-0.2, -0.15) is 0 Å². The molecule has 0 unspecified atom stereocenters. The van der Waals surface area contributed by atoms with Crippen LogP contribution >= 0.6 is 0 Å². The van der Waals surface area contributed by atoms with Crippen molar-refractivity contribution in [3.8, 4) is 0 Å². The van der Waals surface area contributed by atoms with Gasteiger partial charge in [-0.25, -0.2) is 13.1 Å². The first-order chi connectivity index (χ1) is 12.8. The summed E-state index contributed by atoms with van der Waals surface area (Å²) in [6.45, 7) is 1.83. The molecule has 8 nitrogen and oxygen atoms in total. The van der Waals surface area contributed by atoms with Gasteiger partial charge in [-0.3, -0.25) is 9.59 Å². The Morgan fingerprint density at radius 3 is 2.67 bits per heavy atom. The number of fused-ring (bicyclic) bond motifs is 1. The fourth-order valence-electron chi connectivity index (χ4n) is 2.56. The molecule has 0 aliphatic rings. The van der Waals surface area contributed by atoms with E-state index in [-0.39, 0.29) is 29.3 Å². The van der Waals surface area contributed by atoms with Crippen molar-refractivity contribution in [3.05, 3.63) is 58.4 Å². The number of nitrogens with one attached hydrogen (secondary N) is 1. The molecule has 0 saturated heterocycles. The van der Waals surface area contributed by atoms with E-state index in [1.165, 1.54) is 12.1 Å². The van der Waals surface area contributed by atoms with Gasteiger partial charge in [0.05, 0.1) is 16.8 Å². The Hall–Kier alpha value is -3.07. The molecule has 140 valence electrons. The third-order valence-electron chi connectivity index (χ3n) is 4.09. The topological polar surface area (TPSA) is 111 Å². The van der Waals surface area contributed by atoms with Crippen LogP contribution in [0.3, 0.4) is 0 Å². The predicted molar refractivity (Wildman–Crippen MR) is 101 cm³/mol. The van der Waals surface area contributed by atoms with Gasteiger partial charge in [-0.15, -0.1) is 5.10 Å². The van der Waals surface area contributed by atoms with E-state index >= 15 is 0 Å². The molecule has 0 spiro atoms. The summed E-state index contributed by atoms with van der Waals surface area (Å²) in [5, 5.41) is 10.9. The molecule has 0 bridgehead atoms. The van der Waals surface area contributed by atoms with Gasteiger partial charge in [0.25, 0.3) is 5.56 Å². The molecule has 0 atom stereocenters. The van der Waals surface area contributed by atoms with E-state index in [1.807, 2.05) is 0 Å². The Bertz CT molecular complexity index is 1190. The molecule has 0 fully saturated rings. The van der Waals surface area contributed by atoms with Crippen molar-refractivity contribution in [1.29, 1.82) is 0 Å². The number of hydrogen-bond donors (Lipinski definition) is 1. The molecule has 0 radical (unpaired) electrons. The Kier molecular flexibility index (Phi) is 5.04. The van der Waals surface area contributed by atoms with Gasteiger partial charge in [0.1, 0.15) is 5.52 Å². The average molecular weight is 386 g/mol. The second-order valence-electron chi connectivity index (χ2n) is 6.18. The quantitative estimate of drug-likeness (QED) is 0.712. The van der Waals surface area contributed by atoms with Crippen molar-refractivity contribution in [3.63, 3.8) is 0 Å². The highest BCUT2D eigenvalue weighted by Gasteiger charge is 2.12. The second-order valence-corrected chi connectivity index (χ2v) is 8.20. The number of anilines is 1. The highest BCUT2D eigenvalue weighted by Crippen LogP contribution is 2.20. The maximum Gasteiger partial charge on any atom is 0.277 e. The molecule has 27 heavy (non-hydrogen) atoms. The molecule has 3 rings (SSSR count). The summed E-state index contributed by atoms with van der Waals surface area (Å²) in [7, 11) is -3.37. The van der Waals surface area contributed by atoms with Gasteiger partial charge in [0, 0.05) is 18.4 Å². The summed E-state index contributed by atoms with van der Waals surface area (Å²) >= 11 is 0. The molecule has 0 aliphatic heterocycles. The first-order valence-electron chi connectivity index (χ1n) is 8.19.